The predicted molar refractivity (Wildman–Crippen MR) is 61.3 cm³/mol. The van der Waals surface area contributed by atoms with E-state index in [0.717, 1.165) is 30.1 Å². The lowest BCUT2D eigenvalue weighted by atomic mass is 9.55. The summed E-state index contributed by atoms with van der Waals surface area (Å²) < 4.78 is 5.98. The molecule has 0 amide bonds. The Morgan fingerprint density at radius 3 is 2.13 bits per heavy atom. The Morgan fingerprint density at radius 2 is 1.60 bits per heavy atom. The molecule has 1 heteroatoms. The van der Waals surface area contributed by atoms with Crippen LogP contribution in [-0.2, 0) is 4.74 Å². The molecule has 15 heavy (non-hydrogen) atoms. The van der Waals surface area contributed by atoms with Gasteiger partial charge in [-0.25, -0.2) is 0 Å². The van der Waals surface area contributed by atoms with E-state index >= 15 is 0 Å². The smallest absolute Gasteiger partial charge is 0.103 e. The van der Waals surface area contributed by atoms with Gasteiger partial charge < -0.3 is 4.74 Å². The largest absolute Gasteiger partial charge is 0.498 e. The Kier molecular flexibility index (Phi) is 2.50. The second-order valence-corrected chi connectivity index (χ2v) is 5.81. The monoisotopic (exact) mass is 206 g/mol. The van der Waals surface area contributed by atoms with Gasteiger partial charge in [-0.15, -0.1) is 0 Å². The zero-order valence-corrected chi connectivity index (χ0v) is 9.69. The summed E-state index contributed by atoms with van der Waals surface area (Å²) in [5.41, 5.74) is 0. The second-order valence-electron chi connectivity index (χ2n) is 5.81. The zero-order valence-electron chi connectivity index (χ0n) is 9.69. The summed E-state index contributed by atoms with van der Waals surface area (Å²) in [6, 6.07) is 0. The molecule has 4 aliphatic carbocycles. The number of rotatable bonds is 3. The lowest BCUT2D eigenvalue weighted by Gasteiger charge is -2.53. The third-order valence-electron chi connectivity index (χ3n) is 4.71. The summed E-state index contributed by atoms with van der Waals surface area (Å²) in [6.07, 6.45) is 13.1. The van der Waals surface area contributed by atoms with Crippen molar-refractivity contribution in [1.29, 1.82) is 0 Å². The number of hydrogen-bond acceptors (Lipinski definition) is 1. The van der Waals surface area contributed by atoms with E-state index in [1.54, 1.807) is 0 Å². The van der Waals surface area contributed by atoms with Gasteiger partial charge in [0, 0.05) is 0 Å². The molecule has 4 aliphatic rings. The molecule has 0 saturated heterocycles. The van der Waals surface area contributed by atoms with E-state index < -0.39 is 0 Å². The van der Waals surface area contributed by atoms with Gasteiger partial charge in [0.1, 0.15) is 6.10 Å². The highest BCUT2D eigenvalue weighted by molar-refractivity contribution is 4.99. The maximum Gasteiger partial charge on any atom is 0.103 e. The average molecular weight is 206 g/mol. The topological polar surface area (TPSA) is 9.23 Å². The van der Waals surface area contributed by atoms with Gasteiger partial charge in [0.15, 0.2) is 0 Å². The van der Waals surface area contributed by atoms with Gasteiger partial charge in [-0.3, -0.25) is 0 Å². The SMILES string of the molecule is CCC=COC1C2CC3CC(C2)CC1C3. The lowest BCUT2D eigenvalue weighted by molar-refractivity contribution is -0.0974. The first-order valence-electron chi connectivity index (χ1n) is 6.67. The van der Waals surface area contributed by atoms with Gasteiger partial charge in [-0.1, -0.05) is 13.0 Å². The molecule has 0 radical (unpaired) electrons. The van der Waals surface area contributed by atoms with Gasteiger partial charge in [-0.2, -0.15) is 0 Å². The van der Waals surface area contributed by atoms with Crippen LogP contribution in [0.5, 0.6) is 0 Å². The Morgan fingerprint density at radius 1 is 1.00 bits per heavy atom. The maximum atomic E-state index is 5.98. The molecule has 4 fully saturated rings. The second kappa shape index (κ2) is 3.84. The molecule has 0 N–H and O–H groups in total. The number of hydrogen-bond donors (Lipinski definition) is 0. The Labute approximate surface area is 92.9 Å². The van der Waals surface area contributed by atoms with E-state index in [1.165, 1.54) is 32.1 Å². The van der Waals surface area contributed by atoms with Crippen LogP contribution in [0.1, 0.15) is 45.4 Å². The van der Waals surface area contributed by atoms with Crippen molar-refractivity contribution in [2.24, 2.45) is 23.7 Å². The normalized spacial score (nSPS) is 47.7. The molecule has 0 aliphatic heterocycles. The average Bonchev–Trinajstić information content (AvgIpc) is 2.21. The molecule has 4 saturated carbocycles. The third-order valence-corrected chi connectivity index (χ3v) is 4.71. The molecular formula is C14H22O. The molecular weight excluding hydrogens is 184 g/mol. The van der Waals surface area contributed by atoms with Crippen molar-refractivity contribution in [2.75, 3.05) is 0 Å². The van der Waals surface area contributed by atoms with Crippen molar-refractivity contribution in [3.05, 3.63) is 12.3 Å². The van der Waals surface area contributed by atoms with Crippen LogP contribution in [0, 0.1) is 23.7 Å². The minimum atomic E-state index is 0.570. The standard InChI is InChI=1S/C14H22O/c1-2-3-4-15-14-12-6-10-5-11(8-12)9-13(14)7-10/h3-4,10-14H,2,5-9H2,1H3. The van der Waals surface area contributed by atoms with E-state index in [9.17, 15) is 0 Å². The minimum absolute atomic E-state index is 0.570. The highest BCUT2D eigenvalue weighted by Gasteiger charge is 2.48. The molecule has 4 rings (SSSR count). The highest BCUT2D eigenvalue weighted by Crippen LogP contribution is 2.54. The molecule has 0 aromatic rings. The lowest BCUT2D eigenvalue weighted by Crippen LogP contribution is -2.48. The molecule has 0 atom stereocenters. The van der Waals surface area contributed by atoms with Gasteiger partial charge in [0.2, 0.25) is 0 Å². The van der Waals surface area contributed by atoms with Crippen LogP contribution in [0.25, 0.3) is 0 Å². The van der Waals surface area contributed by atoms with E-state index in [0.29, 0.717) is 6.10 Å². The van der Waals surface area contributed by atoms with Gasteiger partial charge in [-0.05, 0) is 62.2 Å². The van der Waals surface area contributed by atoms with E-state index in [-0.39, 0.29) is 0 Å². The van der Waals surface area contributed by atoms with E-state index in [1.807, 2.05) is 6.26 Å². The molecule has 0 aromatic heterocycles. The molecule has 0 aromatic carbocycles. The molecule has 0 unspecified atom stereocenters. The van der Waals surface area contributed by atoms with Crippen molar-refractivity contribution < 1.29 is 4.74 Å². The van der Waals surface area contributed by atoms with Crippen molar-refractivity contribution >= 4 is 0 Å². The third kappa shape index (κ3) is 1.70. The van der Waals surface area contributed by atoms with Gasteiger partial charge >= 0.3 is 0 Å². The van der Waals surface area contributed by atoms with Crippen LogP contribution in [-0.4, -0.2) is 6.10 Å². The predicted octanol–water partition coefficient (Wildman–Crippen LogP) is 3.75. The Hall–Kier alpha value is -0.460. The van der Waals surface area contributed by atoms with Crippen LogP contribution in [0.4, 0.5) is 0 Å². The van der Waals surface area contributed by atoms with Crippen molar-refractivity contribution in [1.82, 2.24) is 0 Å². The van der Waals surface area contributed by atoms with Gasteiger partial charge in [0.25, 0.3) is 0 Å². The fourth-order valence-corrected chi connectivity index (χ4v) is 4.34. The minimum Gasteiger partial charge on any atom is -0.498 e. The van der Waals surface area contributed by atoms with Crippen LogP contribution in [0.3, 0.4) is 0 Å². The molecule has 4 bridgehead atoms. The summed E-state index contributed by atoms with van der Waals surface area (Å²) in [5, 5.41) is 0. The summed E-state index contributed by atoms with van der Waals surface area (Å²) in [6.45, 7) is 2.16. The first-order chi connectivity index (χ1) is 7.36. The Balaban J connectivity index is 1.67. The number of ether oxygens (including phenoxy) is 1. The van der Waals surface area contributed by atoms with Crippen molar-refractivity contribution in [2.45, 2.75) is 51.6 Å². The number of allylic oxidation sites excluding steroid dienone is 1. The van der Waals surface area contributed by atoms with Crippen LogP contribution in [0.2, 0.25) is 0 Å². The van der Waals surface area contributed by atoms with E-state index in [4.69, 9.17) is 4.74 Å². The fraction of sp³-hybridized carbons (Fsp3) is 0.857. The molecule has 1 nitrogen and oxygen atoms in total. The zero-order chi connectivity index (χ0) is 10.3. The van der Waals surface area contributed by atoms with Crippen molar-refractivity contribution in [3.8, 4) is 0 Å². The summed E-state index contributed by atoms with van der Waals surface area (Å²) in [5.74, 6) is 3.90. The van der Waals surface area contributed by atoms with Gasteiger partial charge in [0.05, 0.1) is 6.26 Å². The van der Waals surface area contributed by atoms with E-state index in [2.05, 4.69) is 13.0 Å². The summed E-state index contributed by atoms with van der Waals surface area (Å²) in [7, 11) is 0. The molecule has 84 valence electrons. The van der Waals surface area contributed by atoms with Crippen LogP contribution < -0.4 is 0 Å². The van der Waals surface area contributed by atoms with Crippen LogP contribution >= 0.6 is 0 Å². The quantitative estimate of drug-likeness (QED) is 0.639. The maximum absolute atomic E-state index is 5.98. The highest BCUT2D eigenvalue weighted by atomic mass is 16.5. The first kappa shape index (κ1) is 9.74. The molecule has 0 heterocycles. The van der Waals surface area contributed by atoms with Crippen molar-refractivity contribution in [3.63, 3.8) is 0 Å². The van der Waals surface area contributed by atoms with Crippen LogP contribution in [0.15, 0.2) is 12.3 Å². The summed E-state index contributed by atoms with van der Waals surface area (Å²) in [4.78, 5) is 0. The molecule has 0 spiro atoms. The summed E-state index contributed by atoms with van der Waals surface area (Å²) >= 11 is 0. The first-order valence-corrected chi connectivity index (χ1v) is 6.67. The Bertz CT molecular complexity index is 228. The fourth-order valence-electron chi connectivity index (χ4n) is 4.34.